The van der Waals surface area contributed by atoms with E-state index in [2.05, 4.69) is 6.58 Å². The molecule has 0 spiro atoms. The van der Waals surface area contributed by atoms with Gasteiger partial charge in [-0.05, 0) is 0 Å². The van der Waals surface area contributed by atoms with Gasteiger partial charge in [-0.3, -0.25) is 0 Å². The van der Waals surface area contributed by atoms with Crippen molar-refractivity contribution < 1.29 is 26.3 Å². The Bertz CT molecular complexity index is 163. The minimum absolute atomic E-state index is 0.00354. The van der Waals surface area contributed by atoms with Gasteiger partial charge in [-0.15, -0.1) is 0 Å². The minimum atomic E-state index is -5.04. The van der Waals surface area contributed by atoms with Crippen molar-refractivity contribution in [1.29, 1.82) is 0 Å². The third-order valence-electron chi connectivity index (χ3n) is 1.21. The summed E-state index contributed by atoms with van der Waals surface area (Å²) in [5, 5.41) is 0. The van der Waals surface area contributed by atoms with E-state index >= 15 is 0 Å². The summed E-state index contributed by atoms with van der Waals surface area (Å²) in [6.45, 7) is -0.0390. The summed E-state index contributed by atoms with van der Waals surface area (Å²) < 4.78 is 71.6. The van der Waals surface area contributed by atoms with Crippen LogP contribution in [0.4, 0.5) is 26.3 Å². The van der Waals surface area contributed by atoms with Crippen LogP contribution in [0.5, 0.6) is 0 Å². The van der Waals surface area contributed by atoms with Crippen LogP contribution >= 0.6 is 0 Å². The summed E-state index contributed by atoms with van der Waals surface area (Å²) >= 11 is 0. The second-order valence-electron chi connectivity index (χ2n) is 2.10. The fourth-order valence-electron chi connectivity index (χ4n) is 0.439. The molecule has 6 heteroatoms. The molecule has 1 atom stereocenters. The molecule has 0 rings (SSSR count). The molecule has 0 saturated carbocycles. The lowest BCUT2D eigenvalue weighted by molar-refractivity contribution is -0.235. The maximum atomic E-state index is 12.2. The molecule has 0 bridgehead atoms. The van der Waals surface area contributed by atoms with E-state index in [9.17, 15) is 26.3 Å². The third kappa shape index (κ3) is 1.73. The predicted molar refractivity (Wildman–Crippen MR) is 31.0 cm³/mol. The zero-order valence-corrected chi connectivity index (χ0v) is 5.84. The van der Waals surface area contributed by atoms with Gasteiger partial charge >= 0.3 is 11.8 Å². The van der Waals surface area contributed by atoms with Gasteiger partial charge in [0, 0.05) is 0 Å². The van der Waals surface area contributed by atoms with Gasteiger partial charge in [0.05, 0.1) is 0 Å². The van der Waals surface area contributed by atoms with Crippen molar-refractivity contribution in [3.63, 3.8) is 0 Å². The summed E-state index contributed by atoms with van der Waals surface area (Å²) in [5.74, 6) is -10.0. The molecule has 0 amide bonds. The van der Waals surface area contributed by atoms with E-state index in [0.29, 0.717) is 0 Å². The molecule has 0 aromatic heterocycles. The number of hydrogen-bond donors (Lipinski definition) is 0. The molecule has 0 heterocycles. The second kappa shape index (κ2) is 3.37. The molecular weight excluding hydrogens is 186 g/mol. The summed E-state index contributed by atoms with van der Waals surface area (Å²) in [6.07, 6.45) is -3.24. The smallest absolute Gasteiger partial charge is 0.244 e. The maximum Gasteiger partial charge on any atom is 0.346 e. The van der Waals surface area contributed by atoms with Crippen LogP contribution in [0, 0.1) is 0 Å². The first-order valence-electron chi connectivity index (χ1n) is 2.88. The molecule has 0 aromatic rings. The van der Waals surface area contributed by atoms with Gasteiger partial charge in [0.15, 0.2) is 12.8 Å². The van der Waals surface area contributed by atoms with Crippen molar-refractivity contribution >= 4 is 0 Å². The Hall–Kier alpha value is -0.680. The first-order valence-corrected chi connectivity index (χ1v) is 2.88. The van der Waals surface area contributed by atoms with Gasteiger partial charge < -0.3 is 0 Å². The van der Waals surface area contributed by atoms with E-state index in [1.807, 2.05) is 0 Å². The van der Waals surface area contributed by atoms with E-state index in [1.54, 1.807) is 0 Å². The Labute approximate surface area is 64.9 Å². The Balaban J connectivity index is 4.69. The highest BCUT2D eigenvalue weighted by atomic mass is 19.3. The van der Waals surface area contributed by atoms with Crippen molar-refractivity contribution in [2.45, 2.75) is 18.0 Å². The molecular formula is C6H6F6. The SMILES string of the molecule is C=CC(F)C(F)(F)C(F)(F)CF. The molecule has 0 nitrogen and oxygen atoms in total. The zero-order chi connectivity index (χ0) is 9.99. The molecule has 0 aliphatic carbocycles. The predicted octanol–water partition coefficient (Wildman–Crippen LogP) is 2.75. The zero-order valence-electron chi connectivity index (χ0n) is 5.84. The molecule has 0 N–H and O–H groups in total. The van der Waals surface area contributed by atoms with Gasteiger partial charge in [-0.25, -0.2) is 8.78 Å². The molecule has 0 fully saturated rings. The lowest BCUT2D eigenvalue weighted by Gasteiger charge is -2.25. The van der Waals surface area contributed by atoms with Crippen LogP contribution in [-0.4, -0.2) is 24.7 Å². The van der Waals surface area contributed by atoms with E-state index < -0.39 is 24.7 Å². The fraction of sp³-hybridized carbons (Fsp3) is 0.667. The number of halogens is 6. The van der Waals surface area contributed by atoms with Crippen molar-refractivity contribution in [1.82, 2.24) is 0 Å². The third-order valence-corrected chi connectivity index (χ3v) is 1.21. The Kier molecular flexibility index (Phi) is 3.17. The van der Waals surface area contributed by atoms with Crippen LogP contribution in [0.25, 0.3) is 0 Å². The molecule has 0 aromatic carbocycles. The van der Waals surface area contributed by atoms with Crippen LogP contribution in [0.1, 0.15) is 0 Å². The monoisotopic (exact) mass is 192 g/mol. The van der Waals surface area contributed by atoms with Gasteiger partial charge in [0.25, 0.3) is 0 Å². The average Bonchev–Trinajstić information content (AvgIpc) is 2.02. The molecule has 0 aliphatic rings. The van der Waals surface area contributed by atoms with Crippen molar-refractivity contribution in [3.8, 4) is 0 Å². The normalized spacial score (nSPS) is 15.8. The lowest BCUT2D eigenvalue weighted by atomic mass is 10.1. The Morgan fingerprint density at radius 1 is 1.25 bits per heavy atom. The summed E-state index contributed by atoms with van der Waals surface area (Å²) in [4.78, 5) is 0. The highest BCUT2D eigenvalue weighted by molar-refractivity contribution is 4.98. The molecule has 12 heavy (non-hydrogen) atoms. The topological polar surface area (TPSA) is 0 Å². The average molecular weight is 192 g/mol. The minimum Gasteiger partial charge on any atom is -0.244 e. The largest absolute Gasteiger partial charge is 0.346 e. The fourth-order valence-corrected chi connectivity index (χ4v) is 0.439. The van der Waals surface area contributed by atoms with Gasteiger partial charge in [-0.1, -0.05) is 12.7 Å². The quantitative estimate of drug-likeness (QED) is 0.474. The van der Waals surface area contributed by atoms with Gasteiger partial charge in [-0.2, -0.15) is 17.6 Å². The van der Waals surface area contributed by atoms with Crippen LogP contribution in [0.15, 0.2) is 12.7 Å². The highest BCUT2D eigenvalue weighted by Gasteiger charge is 2.61. The molecule has 0 radical (unpaired) electrons. The lowest BCUT2D eigenvalue weighted by Crippen LogP contribution is -2.48. The number of rotatable bonds is 4. The second-order valence-corrected chi connectivity index (χ2v) is 2.10. The Morgan fingerprint density at radius 3 is 1.92 bits per heavy atom. The van der Waals surface area contributed by atoms with Crippen LogP contribution in [0.2, 0.25) is 0 Å². The number of hydrogen-bond acceptors (Lipinski definition) is 0. The standard InChI is InChI=1S/C6H6F6/c1-2-4(8)6(11,12)5(9,10)3-7/h2,4H,1,3H2. The van der Waals surface area contributed by atoms with Crippen LogP contribution in [-0.2, 0) is 0 Å². The van der Waals surface area contributed by atoms with E-state index in [4.69, 9.17) is 0 Å². The molecule has 0 saturated heterocycles. The molecule has 0 aliphatic heterocycles. The van der Waals surface area contributed by atoms with Gasteiger partial charge in [0.2, 0.25) is 0 Å². The van der Waals surface area contributed by atoms with Crippen LogP contribution < -0.4 is 0 Å². The van der Waals surface area contributed by atoms with E-state index in [0.717, 1.165) is 0 Å². The van der Waals surface area contributed by atoms with Crippen molar-refractivity contribution in [2.75, 3.05) is 6.67 Å². The van der Waals surface area contributed by atoms with E-state index in [-0.39, 0.29) is 6.08 Å². The van der Waals surface area contributed by atoms with Gasteiger partial charge in [0.1, 0.15) is 0 Å². The molecule has 1 unspecified atom stereocenters. The first kappa shape index (κ1) is 11.3. The summed E-state index contributed by atoms with van der Waals surface area (Å²) in [6, 6.07) is 0. The number of alkyl halides is 6. The summed E-state index contributed by atoms with van der Waals surface area (Å²) in [5.41, 5.74) is 0. The summed E-state index contributed by atoms with van der Waals surface area (Å²) in [7, 11) is 0. The Morgan fingerprint density at radius 2 is 1.67 bits per heavy atom. The van der Waals surface area contributed by atoms with Crippen molar-refractivity contribution in [2.24, 2.45) is 0 Å². The first-order chi connectivity index (χ1) is 5.29. The van der Waals surface area contributed by atoms with E-state index in [1.165, 1.54) is 0 Å². The maximum absolute atomic E-state index is 12.2. The molecule has 72 valence electrons. The van der Waals surface area contributed by atoms with Crippen LogP contribution in [0.3, 0.4) is 0 Å². The van der Waals surface area contributed by atoms with Crippen molar-refractivity contribution in [3.05, 3.63) is 12.7 Å². The number of allylic oxidation sites excluding steroid dienone is 1. The highest BCUT2D eigenvalue weighted by Crippen LogP contribution is 2.38.